The van der Waals surface area contributed by atoms with Crippen LogP contribution in [0.15, 0.2) is 58.7 Å². The number of aliphatic imine (C=N–C) groups is 1. The molecule has 2 heterocycles. The van der Waals surface area contributed by atoms with Crippen molar-refractivity contribution in [3.05, 3.63) is 64.8 Å². The van der Waals surface area contributed by atoms with Gasteiger partial charge in [0, 0.05) is 12.4 Å². The van der Waals surface area contributed by atoms with Crippen molar-refractivity contribution in [3.8, 4) is 0 Å². The minimum absolute atomic E-state index is 0.104. The van der Waals surface area contributed by atoms with E-state index in [9.17, 15) is 18.0 Å². The van der Waals surface area contributed by atoms with Crippen molar-refractivity contribution >= 4 is 34.6 Å². The quantitative estimate of drug-likeness (QED) is 0.834. The number of thioether (sulfide) groups is 1. The fourth-order valence-corrected chi connectivity index (χ4v) is 2.85. The van der Waals surface area contributed by atoms with Crippen LogP contribution in [0.1, 0.15) is 11.1 Å². The van der Waals surface area contributed by atoms with E-state index in [1.165, 1.54) is 18.2 Å². The van der Waals surface area contributed by atoms with Crippen LogP contribution in [0, 0.1) is 0 Å². The molecule has 0 unspecified atom stereocenters. The summed E-state index contributed by atoms with van der Waals surface area (Å²) >= 11 is 0.983. The van der Waals surface area contributed by atoms with Gasteiger partial charge in [-0.1, -0.05) is 18.2 Å². The highest BCUT2D eigenvalue weighted by Gasteiger charge is 2.34. The third kappa shape index (κ3) is 3.65. The van der Waals surface area contributed by atoms with Crippen LogP contribution in [0.4, 0.5) is 18.9 Å². The van der Waals surface area contributed by atoms with Gasteiger partial charge in [-0.15, -0.1) is 0 Å². The van der Waals surface area contributed by atoms with Crippen LogP contribution >= 0.6 is 11.8 Å². The molecule has 4 nitrogen and oxygen atoms in total. The van der Waals surface area contributed by atoms with E-state index in [1.807, 2.05) is 0 Å². The monoisotopic (exact) mass is 349 g/mol. The Morgan fingerprint density at radius 3 is 2.67 bits per heavy atom. The molecule has 0 saturated carbocycles. The Morgan fingerprint density at radius 2 is 1.96 bits per heavy atom. The number of benzene rings is 1. The van der Waals surface area contributed by atoms with E-state index in [1.54, 1.807) is 30.6 Å². The number of alkyl halides is 3. The van der Waals surface area contributed by atoms with Gasteiger partial charge in [0.1, 0.15) is 0 Å². The van der Waals surface area contributed by atoms with Crippen molar-refractivity contribution in [1.82, 2.24) is 10.3 Å². The summed E-state index contributed by atoms with van der Waals surface area (Å²) in [6.07, 6.45) is 0.271. The molecule has 1 aromatic heterocycles. The number of nitrogens with one attached hydrogen (secondary N) is 1. The number of hydrogen-bond acceptors (Lipinski definition) is 4. The Labute approximate surface area is 139 Å². The summed E-state index contributed by atoms with van der Waals surface area (Å²) < 4.78 is 38.9. The van der Waals surface area contributed by atoms with Crippen LogP contribution in [0.5, 0.6) is 0 Å². The van der Waals surface area contributed by atoms with Crippen molar-refractivity contribution in [1.29, 1.82) is 0 Å². The Hall–Kier alpha value is -2.61. The number of nitrogens with zero attached hydrogens (tertiary/aromatic N) is 2. The first kappa shape index (κ1) is 16.3. The Kier molecular flexibility index (Phi) is 4.39. The number of amidine groups is 1. The van der Waals surface area contributed by atoms with Gasteiger partial charge < -0.3 is 5.32 Å². The predicted molar refractivity (Wildman–Crippen MR) is 86.5 cm³/mol. The van der Waals surface area contributed by atoms with Crippen molar-refractivity contribution in [2.45, 2.75) is 6.18 Å². The smallest absolute Gasteiger partial charge is 0.300 e. The van der Waals surface area contributed by atoms with Gasteiger partial charge in [-0.05, 0) is 41.6 Å². The van der Waals surface area contributed by atoms with Gasteiger partial charge in [0.15, 0.2) is 5.17 Å². The molecular formula is C16H10F3N3OS. The average molecular weight is 349 g/mol. The zero-order valence-corrected chi connectivity index (χ0v) is 12.9. The van der Waals surface area contributed by atoms with Gasteiger partial charge in [-0.2, -0.15) is 13.2 Å². The van der Waals surface area contributed by atoms with Gasteiger partial charge in [-0.25, -0.2) is 4.99 Å². The lowest BCUT2D eigenvalue weighted by Crippen LogP contribution is -2.19. The van der Waals surface area contributed by atoms with Crippen molar-refractivity contribution in [3.63, 3.8) is 0 Å². The van der Waals surface area contributed by atoms with E-state index in [0.717, 1.165) is 17.8 Å². The van der Waals surface area contributed by atoms with Crippen molar-refractivity contribution < 1.29 is 18.0 Å². The summed E-state index contributed by atoms with van der Waals surface area (Å²) in [5.41, 5.74) is -0.375. The Balaban J connectivity index is 1.89. The third-order valence-electron chi connectivity index (χ3n) is 3.06. The molecule has 1 N–H and O–H groups in total. The standard InChI is InChI=1S/C16H10F3N3OS/c17-16(18,19)11-5-1-2-6-12(11)21-15-22-14(23)13(24-15)8-10-4-3-7-20-9-10/h1-9H,(H,21,22,23)/b13-8-. The molecule has 3 rings (SSSR count). The lowest BCUT2D eigenvalue weighted by atomic mass is 10.2. The molecule has 0 spiro atoms. The van der Waals surface area contributed by atoms with E-state index >= 15 is 0 Å². The van der Waals surface area contributed by atoms with Crippen LogP contribution in [-0.2, 0) is 11.0 Å². The highest BCUT2D eigenvalue weighted by atomic mass is 32.2. The number of rotatable bonds is 2. The van der Waals surface area contributed by atoms with E-state index in [4.69, 9.17) is 0 Å². The first-order valence-electron chi connectivity index (χ1n) is 6.79. The molecule has 1 amide bonds. The first-order valence-corrected chi connectivity index (χ1v) is 7.61. The fraction of sp³-hybridized carbons (Fsp3) is 0.0625. The second kappa shape index (κ2) is 6.48. The molecule has 1 saturated heterocycles. The number of pyridine rings is 1. The van der Waals surface area contributed by atoms with Crippen molar-refractivity contribution in [2.75, 3.05) is 0 Å². The van der Waals surface area contributed by atoms with Gasteiger partial charge in [0.25, 0.3) is 5.91 Å². The third-order valence-corrected chi connectivity index (χ3v) is 3.97. The van der Waals surface area contributed by atoms with Gasteiger partial charge in [-0.3, -0.25) is 9.78 Å². The molecule has 0 bridgehead atoms. The normalized spacial score (nSPS) is 18.2. The number of aromatic nitrogens is 1. The second-order valence-electron chi connectivity index (χ2n) is 4.78. The zero-order valence-electron chi connectivity index (χ0n) is 12.0. The van der Waals surface area contributed by atoms with Gasteiger partial charge in [0.05, 0.1) is 16.2 Å². The summed E-state index contributed by atoms with van der Waals surface area (Å²) in [7, 11) is 0. The topological polar surface area (TPSA) is 54.4 Å². The average Bonchev–Trinajstić information content (AvgIpc) is 2.87. The number of halogens is 3. The Bertz CT molecular complexity index is 832. The maximum Gasteiger partial charge on any atom is 0.418 e. The lowest BCUT2D eigenvalue weighted by molar-refractivity contribution is -0.137. The molecule has 2 aromatic rings. The molecule has 1 aliphatic rings. The molecule has 24 heavy (non-hydrogen) atoms. The largest absolute Gasteiger partial charge is 0.418 e. The summed E-state index contributed by atoms with van der Waals surface area (Å²) in [5, 5.41) is 2.57. The first-order chi connectivity index (χ1) is 11.4. The minimum Gasteiger partial charge on any atom is -0.300 e. The van der Waals surface area contributed by atoms with Gasteiger partial charge >= 0.3 is 6.18 Å². The number of carbonyl (C=O) groups excluding carboxylic acids is 1. The maximum atomic E-state index is 13.0. The zero-order chi connectivity index (χ0) is 17.2. The molecule has 0 atom stereocenters. The number of hydrogen-bond donors (Lipinski definition) is 1. The minimum atomic E-state index is -4.51. The van der Waals surface area contributed by atoms with Crippen molar-refractivity contribution in [2.24, 2.45) is 4.99 Å². The summed E-state index contributed by atoms with van der Waals surface area (Å²) in [5.74, 6) is -0.410. The SMILES string of the molecule is O=C1NC(=Nc2ccccc2C(F)(F)F)S/C1=C\c1cccnc1. The fourth-order valence-electron chi connectivity index (χ4n) is 2.01. The highest BCUT2D eigenvalue weighted by molar-refractivity contribution is 8.18. The van der Waals surface area contributed by atoms with Crippen LogP contribution in [-0.4, -0.2) is 16.1 Å². The van der Waals surface area contributed by atoms with E-state index in [0.29, 0.717) is 10.5 Å². The molecule has 1 fully saturated rings. The highest BCUT2D eigenvalue weighted by Crippen LogP contribution is 2.37. The molecule has 1 aliphatic heterocycles. The van der Waals surface area contributed by atoms with Crippen LogP contribution < -0.4 is 5.32 Å². The van der Waals surface area contributed by atoms with Crippen LogP contribution in [0.25, 0.3) is 6.08 Å². The Morgan fingerprint density at radius 1 is 1.17 bits per heavy atom. The second-order valence-corrected chi connectivity index (χ2v) is 5.81. The molecular weight excluding hydrogens is 339 g/mol. The molecule has 1 aromatic carbocycles. The van der Waals surface area contributed by atoms with Gasteiger partial charge in [0.2, 0.25) is 0 Å². The van der Waals surface area contributed by atoms with E-state index < -0.39 is 17.6 Å². The lowest BCUT2D eigenvalue weighted by Gasteiger charge is -2.09. The molecule has 8 heteroatoms. The van der Waals surface area contributed by atoms with E-state index in [-0.39, 0.29) is 10.9 Å². The number of amides is 1. The van der Waals surface area contributed by atoms with E-state index in [2.05, 4.69) is 15.3 Å². The summed E-state index contributed by atoms with van der Waals surface area (Å²) in [4.78, 5) is 20.2. The molecule has 0 aliphatic carbocycles. The maximum absolute atomic E-state index is 13.0. The number of carbonyl (C=O) groups is 1. The number of para-hydroxylation sites is 1. The molecule has 122 valence electrons. The van der Waals surface area contributed by atoms with Crippen LogP contribution in [0.2, 0.25) is 0 Å². The molecule has 0 radical (unpaired) electrons. The summed E-state index contributed by atoms with van der Waals surface area (Å²) in [6, 6.07) is 8.45. The van der Waals surface area contributed by atoms with Crippen LogP contribution in [0.3, 0.4) is 0 Å². The predicted octanol–water partition coefficient (Wildman–Crippen LogP) is 3.99. The summed E-state index contributed by atoms with van der Waals surface area (Å²) in [6.45, 7) is 0.